The van der Waals surface area contributed by atoms with Gasteiger partial charge < -0.3 is 4.57 Å². The van der Waals surface area contributed by atoms with E-state index in [1.807, 2.05) is 11.3 Å². The maximum atomic E-state index is 2.49. The molecule has 15 rings (SSSR count). The third-order valence-electron chi connectivity index (χ3n) is 14.7. The molecule has 0 unspecified atom stereocenters. The van der Waals surface area contributed by atoms with Crippen LogP contribution in [-0.2, 0) is 0 Å². The lowest BCUT2D eigenvalue weighted by molar-refractivity contribution is 1.18. The van der Waals surface area contributed by atoms with Crippen LogP contribution in [0.5, 0.6) is 0 Å². The average Bonchev–Trinajstić information content (AvgIpc) is 3.94. The van der Waals surface area contributed by atoms with Crippen LogP contribution in [0.15, 0.2) is 237 Å². The van der Waals surface area contributed by atoms with Gasteiger partial charge in [-0.15, -0.1) is 11.3 Å². The van der Waals surface area contributed by atoms with E-state index in [1.165, 1.54) is 140 Å². The molecule has 1 nitrogen and oxygen atoms in total. The van der Waals surface area contributed by atoms with E-state index >= 15 is 0 Å². The number of fused-ring (bicyclic) bond motifs is 15. The van der Waals surface area contributed by atoms with Crippen LogP contribution in [0.2, 0.25) is 0 Å². The molecule has 15 aromatic rings. The smallest absolute Gasteiger partial charge is 0.0541 e. The number of benzene rings is 13. The highest BCUT2D eigenvalue weighted by atomic mass is 32.1. The molecule has 0 aliphatic carbocycles. The van der Waals surface area contributed by atoms with Crippen molar-refractivity contribution in [1.82, 2.24) is 4.57 Å². The zero-order chi connectivity index (χ0) is 44.5. The zero-order valence-electron chi connectivity index (χ0n) is 36.9. The Kier molecular flexibility index (Phi) is 8.01. The molecule has 0 saturated heterocycles. The maximum Gasteiger partial charge on any atom is 0.0541 e. The summed E-state index contributed by atoms with van der Waals surface area (Å²) >= 11 is 1.90. The van der Waals surface area contributed by atoms with Gasteiger partial charge in [-0.05, 0) is 165 Å². The molecule has 68 heavy (non-hydrogen) atoms. The minimum absolute atomic E-state index is 1.16. The standard InChI is InChI=1S/C66H39NS/c1-2-15-40(16-3-1)41-19-14-20-46(33-41)67-61-28-13-12-23-49(61)58-36-44(29-31-62(58)67)65-50-24-8-10-26-52(50)66(53-27-11-9-25-51(53)65)45-30-32-63-59(37-45)60-38-56-55-35-43-18-5-4-17-42(43)34-54(55)47-21-6-7-22-48(47)57(56)39-64(60)68-63/h1-39H. The summed E-state index contributed by atoms with van der Waals surface area (Å²) in [7, 11) is 0. The summed E-state index contributed by atoms with van der Waals surface area (Å²) in [5.74, 6) is 0. The number of nitrogens with zero attached hydrogens (tertiary/aromatic N) is 1. The van der Waals surface area contributed by atoms with E-state index in [9.17, 15) is 0 Å². The van der Waals surface area contributed by atoms with Gasteiger partial charge in [-0.3, -0.25) is 0 Å². The first-order chi connectivity index (χ1) is 33.7. The summed E-state index contributed by atoms with van der Waals surface area (Å²) in [4.78, 5) is 0. The summed E-state index contributed by atoms with van der Waals surface area (Å²) in [6.07, 6.45) is 0. The molecule has 2 heterocycles. The SMILES string of the molecule is c1ccc(-c2cccc(-n3c4ccccc4c4cc(-c5c6ccccc6c(-c6ccc7sc8cc9c%10ccccc%10c%10cc%11ccccc%11cc%10c9cc8c7c6)c6ccccc56)ccc43)c2)cc1. The second kappa shape index (κ2) is 14.5. The molecule has 0 saturated carbocycles. The van der Waals surface area contributed by atoms with Crippen LogP contribution in [-0.4, -0.2) is 4.57 Å². The minimum Gasteiger partial charge on any atom is -0.309 e. The predicted molar refractivity (Wildman–Crippen MR) is 295 cm³/mol. The number of hydrogen-bond acceptors (Lipinski definition) is 1. The van der Waals surface area contributed by atoms with Gasteiger partial charge in [0, 0.05) is 36.6 Å². The quantitative estimate of drug-likeness (QED) is 0.123. The first-order valence-electron chi connectivity index (χ1n) is 23.5. The summed E-state index contributed by atoms with van der Waals surface area (Å²) in [5.41, 5.74) is 11.0. The fourth-order valence-electron chi connectivity index (χ4n) is 11.7. The van der Waals surface area contributed by atoms with Gasteiger partial charge in [0.05, 0.1) is 11.0 Å². The van der Waals surface area contributed by atoms with Crippen molar-refractivity contribution in [2.24, 2.45) is 0 Å². The number of rotatable bonds is 4. The molecule has 2 heteroatoms. The van der Waals surface area contributed by atoms with Crippen molar-refractivity contribution in [2.75, 3.05) is 0 Å². The Morgan fingerprint density at radius 2 is 0.721 bits per heavy atom. The van der Waals surface area contributed by atoms with Crippen molar-refractivity contribution >= 4 is 118 Å². The van der Waals surface area contributed by atoms with E-state index in [1.54, 1.807) is 0 Å². The van der Waals surface area contributed by atoms with Gasteiger partial charge in [-0.1, -0.05) is 170 Å². The second-order valence-electron chi connectivity index (χ2n) is 18.3. The van der Waals surface area contributed by atoms with Crippen LogP contribution in [0.25, 0.3) is 146 Å². The molecule has 0 spiro atoms. The first kappa shape index (κ1) is 37.6. The number of aromatic nitrogens is 1. The average molecular weight is 878 g/mol. The van der Waals surface area contributed by atoms with Crippen LogP contribution >= 0.6 is 11.3 Å². The van der Waals surface area contributed by atoms with E-state index in [0.717, 1.165) is 5.69 Å². The van der Waals surface area contributed by atoms with E-state index in [2.05, 4.69) is 241 Å². The lowest BCUT2D eigenvalue weighted by atomic mass is 9.85. The Morgan fingerprint density at radius 1 is 0.235 bits per heavy atom. The largest absolute Gasteiger partial charge is 0.309 e. The highest BCUT2D eigenvalue weighted by Crippen LogP contribution is 2.48. The van der Waals surface area contributed by atoms with Crippen molar-refractivity contribution in [3.63, 3.8) is 0 Å². The van der Waals surface area contributed by atoms with Gasteiger partial charge >= 0.3 is 0 Å². The Labute approximate surface area is 396 Å². The van der Waals surface area contributed by atoms with Gasteiger partial charge in [-0.25, -0.2) is 0 Å². The molecule has 0 amide bonds. The molecule has 2 aromatic heterocycles. The summed E-state index contributed by atoms with van der Waals surface area (Å²) in [6.45, 7) is 0. The van der Waals surface area contributed by atoms with Crippen molar-refractivity contribution in [1.29, 1.82) is 0 Å². The van der Waals surface area contributed by atoms with Crippen LogP contribution in [0.3, 0.4) is 0 Å². The van der Waals surface area contributed by atoms with E-state index in [-0.39, 0.29) is 0 Å². The highest BCUT2D eigenvalue weighted by Gasteiger charge is 2.21. The fourth-order valence-corrected chi connectivity index (χ4v) is 12.8. The van der Waals surface area contributed by atoms with Crippen molar-refractivity contribution in [3.8, 4) is 39.1 Å². The fraction of sp³-hybridized carbons (Fsp3) is 0. The van der Waals surface area contributed by atoms with Gasteiger partial charge in [0.15, 0.2) is 0 Å². The minimum atomic E-state index is 1.16. The van der Waals surface area contributed by atoms with Crippen LogP contribution < -0.4 is 0 Å². The molecular weight excluding hydrogens is 839 g/mol. The van der Waals surface area contributed by atoms with E-state index < -0.39 is 0 Å². The summed E-state index contributed by atoms with van der Waals surface area (Å²) < 4.78 is 5.06. The topological polar surface area (TPSA) is 4.93 Å². The van der Waals surface area contributed by atoms with Crippen molar-refractivity contribution in [3.05, 3.63) is 237 Å². The Bertz CT molecular complexity index is 4550. The molecule has 0 N–H and O–H groups in total. The normalized spacial score (nSPS) is 12.1. The third kappa shape index (κ3) is 5.50. The van der Waals surface area contributed by atoms with Crippen LogP contribution in [0.4, 0.5) is 0 Å². The van der Waals surface area contributed by atoms with Gasteiger partial charge in [0.2, 0.25) is 0 Å². The third-order valence-corrected chi connectivity index (χ3v) is 15.8. The zero-order valence-corrected chi connectivity index (χ0v) is 37.7. The molecule has 314 valence electrons. The Hall–Kier alpha value is -8.56. The van der Waals surface area contributed by atoms with Crippen molar-refractivity contribution < 1.29 is 0 Å². The van der Waals surface area contributed by atoms with E-state index in [0.29, 0.717) is 0 Å². The van der Waals surface area contributed by atoms with E-state index in [4.69, 9.17) is 0 Å². The summed E-state index contributed by atoms with van der Waals surface area (Å²) in [5, 5.41) is 20.5. The monoisotopic (exact) mass is 877 g/mol. The van der Waals surface area contributed by atoms with Crippen LogP contribution in [0, 0.1) is 0 Å². The Morgan fingerprint density at radius 3 is 1.40 bits per heavy atom. The van der Waals surface area contributed by atoms with Crippen LogP contribution in [0.1, 0.15) is 0 Å². The Balaban J connectivity index is 0.938. The molecular formula is C66H39NS. The van der Waals surface area contributed by atoms with Crippen molar-refractivity contribution in [2.45, 2.75) is 0 Å². The molecule has 0 aliphatic heterocycles. The first-order valence-corrected chi connectivity index (χ1v) is 24.3. The molecule has 0 aliphatic rings. The maximum absolute atomic E-state index is 2.49. The number of para-hydroxylation sites is 1. The highest BCUT2D eigenvalue weighted by molar-refractivity contribution is 7.25. The molecule has 0 radical (unpaired) electrons. The van der Waals surface area contributed by atoms with Gasteiger partial charge in [-0.2, -0.15) is 0 Å². The number of hydrogen-bond donors (Lipinski definition) is 0. The molecule has 13 aromatic carbocycles. The number of thiophene rings is 1. The molecule has 0 fully saturated rings. The lowest BCUT2D eigenvalue weighted by Crippen LogP contribution is -1.94. The molecule has 0 atom stereocenters. The second-order valence-corrected chi connectivity index (χ2v) is 19.4. The predicted octanol–water partition coefficient (Wildman–Crippen LogP) is 19.1. The van der Waals surface area contributed by atoms with Gasteiger partial charge in [0.25, 0.3) is 0 Å². The lowest BCUT2D eigenvalue weighted by Gasteiger charge is -2.18. The summed E-state index contributed by atoms with van der Waals surface area (Å²) in [6, 6.07) is 88.3. The molecule has 0 bridgehead atoms. The van der Waals surface area contributed by atoms with Gasteiger partial charge in [0.1, 0.15) is 0 Å².